The van der Waals surface area contributed by atoms with Crippen molar-refractivity contribution in [2.24, 2.45) is 16.8 Å². The van der Waals surface area contributed by atoms with Crippen LogP contribution in [0.25, 0.3) is 0 Å². The van der Waals surface area contributed by atoms with Crippen LogP contribution in [0.3, 0.4) is 0 Å². The maximum atomic E-state index is 13.4. The highest BCUT2D eigenvalue weighted by Crippen LogP contribution is 2.37. The minimum atomic E-state index is -0.176. The molecular formula is C22H33FIN3O. The second-order valence-corrected chi connectivity index (χ2v) is 8.51. The highest BCUT2D eigenvalue weighted by molar-refractivity contribution is 14.0. The Morgan fingerprint density at radius 1 is 1.14 bits per heavy atom. The van der Waals surface area contributed by atoms with E-state index in [9.17, 15) is 4.39 Å². The molecule has 1 aromatic rings. The van der Waals surface area contributed by atoms with Crippen LogP contribution in [0.2, 0.25) is 0 Å². The Morgan fingerprint density at radius 3 is 2.32 bits per heavy atom. The highest BCUT2D eigenvalue weighted by atomic mass is 127. The predicted molar refractivity (Wildman–Crippen MR) is 122 cm³/mol. The van der Waals surface area contributed by atoms with Gasteiger partial charge in [-0.2, -0.15) is 0 Å². The number of hydrogen-bond donors (Lipinski definition) is 1. The molecule has 2 saturated heterocycles. The summed E-state index contributed by atoms with van der Waals surface area (Å²) in [6.07, 6.45) is 7.41. The Kier molecular flexibility index (Phi) is 7.59. The molecule has 2 unspecified atom stereocenters. The summed E-state index contributed by atoms with van der Waals surface area (Å²) in [6, 6.07) is 7.03. The number of guanidine groups is 1. The van der Waals surface area contributed by atoms with Crippen molar-refractivity contribution in [1.29, 1.82) is 0 Å². The van der Waals surface area contributed by atoms with Crippen molar-refractivity contribution in [3.05, 3.63) is 35.6 Å². The predicted octanol–water partition coefficient (Wildman–Crippen LogP) is 4.19. The third kappa shape index (κ3) is 4.64. The first-order valence-electron chi connectivity index (χ1n) is 10.5. The van der Waals surface area contributed by atoms with E-state index >= 15 is 0 Å². The van der Waals surface area contributed by atoms with E-state index in [4.69, 9.17) is 4.74 Å². The number of halogens is 2. The van der Waals surface area contributed by atoms with E-state index in [1.54, 1.807) is 12.1 Å². The first kappa shape index (κ1) is 21.8. The summed E-state index contributed by atoms with van der Waals surface area (Å²) in [5, 5.41) is 3.67. The summed E-state index contributed by atoms with van der Waals surface area (Å²) in [4.78, 5) is 7.05. The van der Waals surface area contributed by atoms with Crippen molar-refractivity contribution >= 4 is 29.9 Å². The Morgan fingerprint density at radius 2 is 1.75 bits per heavy atom. The molecule has 2 atom stereocenters. The minimum absolute atomic E-state index is 0. The number of nitrogens with zero attached hydrogens (tertiary/aromatic N) is 2. The van der Waals surface area contributed by atoms with Crippen LogP contribution in [0.15, 0.2) is 29.3 Å². The lowest BCUT2D eigenvalue weighted by atomic mass is 9.74. The Bertz CT molecular complexity index is 646. The number of likely N-dealkylation sites (tertiary alicyclic amines) is 1. The van der Waals surface area contributed by atoms with Gasteiger partial charge in [-0.05, 0) is 55.2 Å². The van der Waals surface area contributed by atoms with E-state index in [2.05, 4.69) is 15.2 Å². The van der Waals surface area contributed by atoms with E-state index in [-0.39, 0.29) is 35.2 Å². The maximum absolute atomic E-state index is 13.4. The summed E-state index contributed by atoms with van der Waals surface area (Å²) in [5.41, 5.74) is 1.18. The largest absolute Gasteiger partial charge is 0.381 e. The van der Waals surface area contributed by atoms with Gasteiger partial charge in [-0.25, -0.2) is 4.39 Å². The molecule has 2 aliphatic heterocycles. The SMILES string of the molecule is CN=C(NCC1(c2ccc(F)cc2)CCOCC1)N1CC2CCCCC2C1.I. The van der Waals surface area contributed by atoms with Gasteiger partial charge in [0.2, 0.25) is 0 Å². The minimum Gasteiger partial charge on any atom is -0.381 e. The van der Waals surface area contributed by atoms with Crippen LogP contribution in [0.5, 0.6) is 0 Å². The first-order valence-corrected chi connectivity index (χ1v) is 10.5. The second-order valence-electron chi connectivity index (χ2n) is 8.51. The number of fused-ring (bicyclic) bond motifs is 1. The zero-order chi connectivity index (χ0) is 18.7. The fraction of sp³-hybridized carbons (Fsp3) is 0.682. The monoisotopic (exact) mass is 501 g/mol. The summed E-state index contributed by atoms with van der Waals surface area (Å²) >= 11 is 0. The van der Waals surface area contributed by atoms with E-state index in [0.717, 1.165) is 63.5 Å². The molecule has 1 N–H and O–H groups in total. The molecule has 0 aromatic heterocycles. The number of rotatable bonds is 3. The summed E-state index contributed by atoms with van der Waals surface area (Å²) < 4.78 is 19.1. The Labute approximate surface area is 185 Å². The van der Waals surface area contributed by atoms with Crippen LogP contribution in [0, 0.1) is 17.7 Å². The lowest BCUT2D eigenvalue weighted by Gasteiger charge is -2.39. The van der Waals surface area contributed by atoms with Crippen molar-refractivity contribution in [2.75, 3.05) is 39.9 Å². The van der Waals surface area contributed by atoms with E-state index < -0.39 is 0 Å². The molecule has 1 saturated carbocycles. The molecule has 0 spiro atoms. The molecule has 0 radical (unpaired) electrons. The van der Waals surface area contributed by atoms with Crippen molar-refractivity contribution in [1.82, 2.24) is 10.2 Å². The van der Waals surface area contributed by atoms with Crippen molar-refractivity contribution in [3.8, 4) is 0 Å². The van der Waals surface area contributed by atoms with E-state index in [1.165, 1.54) is 31.2 Å². The maximum Gasteiger partial charge on any atom is 0.193 e. The summed E-state index contributed by atoms with van der Waals surface area (Å²) in [7, 11) is 1.89. The molecule has 2 heterocycles. The van der Waals surface area contributed by atoms with Crippen molar-refractivity contribution < 1.29 is 9.13 Å². The van der Waals surface area contributed by atoms with Crippen molar-refractivity contribution in [2.45, 2.75) is 43.9 Å². The standard InChI is InChI=1S/C22H32FN3O.HI/c1-24-21(26-14-17-4-2-3-5-18(17)15-26)25-16-22(10-12-27-13-11-22)19-6-8-20(23)9-7-19;/h6-9,17-18H,2-5,10-16H2,1H3,(H,24,25);1H. The summed E-state index contributed by atoms with van der Waals surface area (Å²) in [6.45, 7) is 4.60. The Balaban J connectivity index is 0.00000225. The zero-order valence-corrected chi connectivity index (χ0v) is 19.2. The number of aliphatic imine (C=N–C) groups is 1. The number of benzene rings is 1. The average Bonchev–Trinajstić information content (AvgIpc) is 3.13. The van der Waals surface area contributed by atoms with Gasteiger partial charge in [0.05, 0.1) is 0 Å². The first-order chi connectivity index (χ1) is 13.2. The molecule has 1 aromatic carbocycles. The van der Waals surface area contributed by atoms with Crippen LogP contribution in [-0.2, 0) is 10.2 Å². The Hall–Kier alpha value is -0.890. The average molecular weight is 501 g/mol. The topological polar surface area (TPSA) is 36.9 Å². The molecule has 3 aliphatic rings. The summed E-state index contributed by atoms with van der Waals surface area (Å²) in [5.74, 6) is 2.53. The normalized spacial score (nSPS) is 27.1. The van der Waals surface area contributed by atoms with Gasteiger partial charge in [0, 0.05) is 45.3 Å². The molecule has 3 fully saturated rings. The molecular weight excluding hydrogens is 468 g/mol. The molecule has 4 rings (SSSR count). The smallest absolute Gasteiger partial charge is 0.193 e. The molecule has 156 valence electrons. The molecule has 4 nitrogen and oxygen atoms in total. The van der Waals surface area contributed by atoms with Gasteiger partial charge in [0.1, 0.15) is 5.82 Å². The number of hydrogen-bond acceptors (Lipinski definition) is 2. The quantitative estimate of drug-likeness (QED) is 0.384. The molecule has 6 heteroatoms. The fourth-order valence-electron chi connectivity index (χ4n) is 5.29. The molecule has 1 aliphatic carbocycles. The van der Waals surface area contributed by atoms with Gasteiger partial charge >= 0.3 is 0 Å². The lowest BCUT2D eigenvalue weighted by Crippen LogP contribution is -2.49. The van der Waals surface area contributed by atoms with Gasteiger partial charge in [-0.15, -0.1) is 24.0 Å². The molecule has 0 amide bonds. The van der Waals surface area contributed by atoms with Crippen LogP contribution < -0.4 is 5.32 Å². The zero-order valence-electron chi connectivity index (χ0n) is 16.8. The van der Waals surface area contributed by atoms with E-state index in [0.29, 0.717) is 0 Å². The number of ether oxygens (including phenoxy) is 1. The second kappa shape index (κ2) is 9.74. The molecule has 0 bridgehead atoms. The third-order valence-corrected chi connectivity index (χ3v) is 6.98. The number of nitrogens with one attached hydrogen (secondary N) is 1. The lowest BCUT2D eigenvalue weighted by molar-refractivity contribution is 0.0512. The van der Waals surface area contributed by atoms with Crippen LogP contribution in [0.1, 0.15) is 44.1 Å². The molecule has 28 heavy (non-hydrogen) atoms. The third-order valence-electron chi connectivity index (χ3n) is 6.98. The van der Waals surface area contributed by atoms with Crippen molar-refractivity contribution in [3.63, 3.8) is 0 Å². The van der Waals surface area contributed by atoms with Crippen LogP contribution in [-0.4, -0.2) is 50.8 Å². The van der Waals surface area contributed by atoms with Gasteiger partial charge < -0.3 is 15.0 Å². The van der Waals surface area contributed by atoms with Gasteiger partial charge in [0.15, 0.2) is 5.96 Å². The highest BCUT2D eigenvalue weighted by Gasteiger charge is 2.38. The van der Waals surface area contributed by atoms with Gasteiger partial charge in [-0.1, -0.05) is 25.0 Å². The van der Waals surface area contributed by atoms with Crippen LogP contribution >= 0.6 is 24.0 Å². The van der Waals surface area contributed by atoms with E-state index in [1.807, 2.05) is 19.2 Å². The van der Waals surface area contributed by atoms with Gasteiger partial charge in [0.25, 0.3) is 0 Å². The fourth-order valence-corrected chi connectivity index (χ4v) is 5.29. The van der Waals surface area contributed by atoms with Gasteiger partial charge in [-0.3, -0.25) is 4.99 Å². The van der Waals surface area contributed by atoms with Crippen LogP contribution in [0.4, 0.5) is 4.39 Å².